The molecule has 0 spiro atoms. The number of aromatic nitrogens is 1. The summed E-state index contributed by atoms with van der Waals surface area (Å²) in [7, 11) is -1.43. The van der Waals surface area contributed by atoms with E-state index >= 15 is 0 Å². The van der Waals surface area contributed by atoms with E-state index in [9.17, 15) is 23.1 Å². The van der Waals surface area contributed by atoms with Crippen LogP contribution in [-0.2, 0) is 11.0 Å². The molecule has 1 saturated heterocycles. The lowest BCUT2D eigenvalue weighted by molar-refractivity contribution is -0.146. The second-order valence-corrected chi connectivity index (χ2v) is 7.77. The van der Waals surface area contributed by atoms with Gasteiger partial charge in [-0.3, -0.25) is 4.79 Å². The SMILES string of the molecule is NC(CCCCB(O)O)(C(=O)O)C1CCN(c2ncc(C(F)(F)F)cc2Cl)CC1. The molecule has 29 heavy (non-hydrogen) atoms. The molecule has 0 amide bonds. The summed E-state index contributed by atoms with van der Waals surface area (Å²) >= 11 is 5.99. The van der Waals surface area contributed by atoms with Crippen molar-refractivity contribution in [2.45, 2.75) is 50.1 Å². The minimum Gasteiger partial charge on any atom is -0.480 e. The molecule has 0 radical (unpaired) electrons. The van der Waals surface area contributed by atoms with Crippen molar-refractivity contribution in [3.8, 4) is 0 Å². The van der Waals surface area contributed by atoms with Crippen LogP contribution >= 0.6 is 11.6 Å². The molecule has 2 heterocycles. The molecule has 1 aliphatic heterocycles. The minimum absolute atomic E-state index is 0.113. The molecule has 1 aromatic heterocycles. The second kappa shape index (κ2) is 9.50. The summed E-state index contributed by atoms with van der Waals surface area (Å²) in [5.41, 5.74) is 3.82. The van der Waals surface area contributed by atoms with Crippen molar-refractivity contribution in [2.75, 3.05) is 18.0 Å². The van der Waals surface area contributed by atoms with Gasteiger partial charge in [0.05, 0.1) is 10.6 Å². The summed E-state index contributed by atoms with van der Waals surface area (Å²) in [6, 6.07) is 0.829. The number of nitrogens with two attached hydrogens (primary N) is 1. The average molecular weight is 438 g/mol. The third-order valence-electron chi connectivity index (χ3n) is 5.37. The van der Waals surface area contributed by atoms with Gasteiger partial charge in [0.25, 0.3) is 0 Å². The van der Waals surface area contributed by atoms with Crippen molar-refractivity contribution < 1.29 is 33.1 Å². The average Bonchev–Trinajstić information content (AvgIpc) is 2.64. The zero-order chi connectivity index (χ0) is 21.8. The summed E-state index contributed by atoms with van der Waals surface area (Å²) < 4.78 is 38.3. The molecule has 1 atom stereocenters. The molecule has 162 valence electrons. The van der Waals surface area contributed by atoms with E-state index < -0.39 is 30.4 Å². The van der Waals surface area contributed by atoms with Crippen LogP contribution in [-0.4, -0.2) is 51.9 Å². The van der Waals surface area contributed by atoms with Crippen molar-refractivity contribution >= 4 is 30.5 Å². The zero-order valence-electron chi connectivity index (χ0n) is 15.7. The lowest BCUT2D eigenvalue weighted by Crippen LogP contribution is -2.57. The first kappa shape index (κ1) is 23.7. The monoisotopic (exact) mass is 437 g/mol. The van der Waals surface area contributed by atoms with Gasteiger partial charge in [-0.15, -0.1) is 0 Å². The number of pyridine rings is 1. The maximum atomic E-state index is 12.8. The van der Waals surface area contributed by atoms with Gasteiger partial charge in [-0.1, -0.05) is 24.4 Å². The van der Waals surface area contributed by atoms with Crippen molar-refractivity contribution in [1.82, 2.24) is 4.98 Å². The first-order valence-corrected chi connectivity index (χ1v) is 9.69. The van der Waals surface area contributed by atoms with E-state index in [0.29, 0.717) is 38.8 Å². The van der Waals surface area contributed by atoms with Crippen LogP contribution in [0.2, 0.25) is 11.3 Å². The van der Waals surface area contributed by atoms with Gasteiger partial charge in [-0.25, -0.2) is 4.98 Å². The number of carboxylic acid groups (broad SMARTS) is 1. The number of aliphatic carboxylic acids is 1. The van der Waals surface area contributed by atoms with Crippen LogP contribution < -0.4 is 10.6 Å². The van der Waals surface area contributed by atoms with Gasteiger partial charge in [-0.05, 0) is 37.6 Å². The molecule has 0 aliphatic carbocycles. The van der Waals surface area contributed by atoms with Gasteiger partial charge in [-0.2, -0.15) is 13.2 Å². The molecule has 7 nitrogen and oxygen atoms in total. The summed E-state index contributed by atoms with van der Waals surface area (Å²) in [4.78, 5) is 17.4. The molecular weight excluding hydrogens is 413 g/mol. The number of carbonyl (C=O) groups is 1. The Morgan fingerprint density at radius 1 is 1.31 bits per heavy atom. The normalized spacial score (nSPS) is 17.8. The Balaban J connectivity index is 2.01. The molecule has 5 N–H and O–H groups in total. The van der Waals surface area contributed by atoms with Gasteiger partial charge in [0, 0.05) is 19.3 Å². The zero-order valence-corrected chi connectivity index (χ0v) is 16.5. The van der Waals surface area contributed by atoms with Crippen molar-refractivity contribution in [3.63, 3.8) is 0 Å². The van der Waals surface area contributed by atoms with E-state index in [1.807, 2.05) is 0 Å². The van der Waals surface area contributed by atoms with Crippen molar-refractivity contribution in [1.29, 1.82) is 0 Å². The van der Waals surface area contributed by atoms with E-state index in [0.717, 1.165) is 12.3 Å². The van der Waals surface area contributed by atoms with Gasteiger partial charge < -0.3 is 25.8 Å². The summed E-state index contributed by atoms with van der Waals surface area (Å²) in [5, 5.41) is 27.3. The number of anilines is 1. The number of hydrogen-bond acceptors (Lipinski definition) is 6. The molecule has 12 heteroatoms. The Kier molecular flexibility index (Phi) is 7.77. The van der Waals surface area contributed by atoms with Crippen molar-refractivity contribution in [3.05, 3.63) is 22.8 Å². The predicted molar refractivity (Wildman–Crippen MR) is 103 cm³/mol. The summed E-state index contributed by atoms with van der Waals surface area (Å²) in [6.07, 6.45) is -1.75. The molecule has 1 aromatic rings. The van der Waals surface area contributed by atoms with Crippen LogP contribution in [0.5, 0.6) is 0 Å². The number of unbranched alkanes of at least 4 members (excludes halogenated alkanes) is 1. The van der Waals surface area contributed by atoms with Gasteiger partial charge >= 0.3 is 19.3 Å². The number of carboxylic acids is 1. The molecule has 2 rings (SSSR count). The molecule has 0 saturated carbocycles. The van der Waals surface area contributed by atoms with Gasteiger partial charge in [0.2, 0.25) is 0 Å². The molecule has 0 bridgehead atoms. The molecule has 1 unspecified atom stereocenters. The van der Waals surface area contributed by atoms with Crippen LogP contribution in [0.25, 0.3) is 0 Å². The second-order valence-electron chi connectivity index (χ2n) is 7.36. The fraction of sp³-hybridized carbons (Fsp3) is 0.647. The molecular formula is C17H24BClF3N3O4. The van der Waals surface area contributed by atoms with E-state index in [2.05, 4.69) is 4.98 Å². The van der Waals surface area contributed by atoms with Crippen LogP contribution in [0.4, 0.5) is 19.0 Å². The lowest BCUT2D eigenvalue weighted by Gasteiger charge is -2.40. The van der Waals surface area contributed by atoms with Crippen LogP contribution in [0.15, 0.2) is 12.3 Å². The number of rotatable bonds is 8. The highest BCUT2D eigenvalue weighted by Gasteiger charge is 2.43. The largest absolute Gasteiger partial charge is 0.480 e. The van der Waals surface area contributed by atoms with E-state index in [4.69, 9.17) is 27.4 Å². The van der Waals surface area contributed by atoms with E-state index in [1.165, 1.54) is 0 Å². The highest BCUT2D eigenvalue weighted by Crippen LogP contribution is 2.36. The van der Waals surface area contributed by atoms with Gasteiger partial charge in [0.1, 0.15) is 11.4 Å². The van der Waals surface area contributed by atoms with Crippen LogP contribution in [0, 0.1) is 5.92 Å². The highest BCUT2D eigenvalue weighted by atomic mass is 35.5. The van der Waals surface area contributed by atoms with Crippen molar-refractivity contribution in [2.24, 2.45) is 11.7 Å². The predicted octanol–water partition coefficient (Wildman–Crippen LogP) is 2.40. The Morgan fingerprint density at radius 3 is 2.41 bits per heavy atom. The standard InChI is InChI=1S/C17H24BClF3N3O4/c19-13-9-12(17(20,21)22)10-24-14(13)25-7-3-11(4-8-25)16(23,15(26)27)5-1-2-6-18(28)29/h9-11,28-29H,1-8,23H2,(H,26,27). The third-order valence-corrected chi connectivity index (χ3v) is 5.65. The smallest absolute Gasteiger partial charge is 0.451 e. The Hall–Kier alpha value is -1.56. The first-order chi connectivity index (χ1) is 13.4. The maximum Gasteiger partial charge on any atom is 0.451 e. The number of halogens is 4. The fourth-order valence-corrected chi connectivity index (χ4v) is 3.94. The molecule has 1 fully saturated rings. The van der Waals surface area contributed by atoms with Crippen LogP contribution in [0.1, 0.15) is 37.7 Å². The number of alkyl halides is 3. The molecule has 1 aliphatic rings. The number of hydrogen-bond donors (Lipinski definition) is 4. The summed E-state index contributed by atoms with van der Waals surface area (Å²) in [6.45, 7) is 0.731. The lowest BCUT2D eigenvalue weighted by atomic mass is 9.74. The van der Waals surface area contributed by atoms with Crippen LogP contribution in [0.3, 0.4) is 0 Å². The Labute approximate surface area is 171 Å². The maximum absolute atomic E-state index is 12.8. The summed E-state index contributed by atoms with van der Waals surface area (Å²) in [5.74, 6) is -1.22. The first-order valence-electron chi connectivity index (χ1n) is 9.31. The Morgan fingerprint density at radius 2 is 1.93 bits per heavy atom. The fourth-order valence-electron chi connectivity index (χ4n) is 3.65. The van der Waals surface area contributed by atoms with Gasteiger partial charge in [0.15, 0.2) is 0 Å². The number of nitrogens with zero attached hydrogens (tertiary/aromatic N) is 2. The Bertz CT molecular complexity index is 718. The van der Waals surface area contributed by atoms with E-state index in [-0.39, 0.29) is 29.5 Å². The topological polar surface area (TPSA) is 120 Å². The third kappa shape index (κ3) is 5.97. The molecule has 0 aromatic carbocycles. The quantitative estimate of drug-likeness (QED) is 0.364. The number of piperidine rings is 1. The highest BCUT2D eigenvalue weighted by molar-refractivity contribution is 6.40. The van der Waals surface area contributed by atoms with E-state index in [1.54, 1.807) is 4.90 Å². The minimum atomic E-state index is -4.53.